The molecule has 0 bridgehead atoms. The number of benzene rings is 1. The van der Waals surface area contributed by atoms with Gasteiger partial charge in [0, 0.05) is 18.8 Å². The minimum absolute atomic E-state index is 0.0167. The van der Waals surface area contributed by atoms with Gasteiger partial charge in [0.05, 0.1) is 11.6 Å². The molecule has 110 valence electrons. The highest BCUT2D eigenvalue weighted by Gasteiger charge is 2.23. The zero-order valence-electron chi connectivity index (χ0n) is 11.8. The lowest BCUT2D eigenvalue weighted by Gasteiger charge is -2.34. The summed E-state index contributed by atoms with van der Waals surface area (Å²) in [6.07, 6.45) is 1.21. The highest BCUT2D eigenvalue weighted by atomic mass is 35.5. The summed E-state index contributed by atoms with van der Waals surface area (Å²) in [5.41, 5.74) is 0.527. The molecule has 0 aromatic heterocycles. The first-order chi connectivity index (χ1) is 9.44. The van der Waals surface area contributed by atoms with Crippen molar-refractivity contribution in [2.45, 2.75) is 20.3 Å². The van der Waals surface area contributed by atoms with Gasteiger partial charge in [-0.1, -0.05) is 25.4 Å². The molecule has 2 unspecified atom stereocenters. The maximum absolute atomic E-state index is 13.0. The predicted molar refractivity (Wildman–Crippen MR) is 79.4 cm³/mol. The minimum atomic E-state index is -0.483. The van der Waals surface area contributed by atoms with Gasteiger partial charge >= 0.3 is 0 Å². The molecule has 2 atom stereocenters. The summed E-state index contributed by atoms with van der Waals surface area (Å²) >= 11 is 5.69. The van der Waals surface area contributed by atoms with Crippen LogP contribution >= 0.6 is 11.6 Å². The number of carbonyl (C=O) groups excluding carboxylic acids is 1. The topological polar surface area (TPSA) is 32.3 Å². The number of carbonyl (C=O) groups is 1. The smallest absolute Gasteiger partial charge is 0.238 e. The van der Waals surface area contributed by atoms with E-state index in [1.54, 1.807) is 0 Å². The molecule has 0 spiro atoms. The first kappa shape index (κ1) is 15.3. The van der Waals surface area contributed by atoms with E-state index in [-0.39, 0.29) is 10.9 Å². The Morgan fingerprint density at radius 2 is 2.05 bits per heavy atom. The number of rotatable bonds is 3. The third-order valence-corrected chi connectivity index (χ3v) is 3.80. The third kappa shape index (κ3) is 4.18. The highest BCUT2D eigenvalue weighted by molar-refractivity contribution is 6.31. The van der Waals surface area contributed by atoms with Crippen LogP contribution in [0.2, 0.25) is 5.02 Å². The van der Waals surface area contributed by atoms with Crippen LogP contribution in [0.15, 0.2) is 18.2 Å². The van der Waals surface area contributed by atoms with Crippen molar-refractivity contribution in [2.24, 2.45) is 11.8 Å². The van der Waals surface area contributed by atoms with Gasteiger partial charge in [-0.3, -0.25) is 9.69 Å². The minimum Gasteiger partial charge on any atom is -0.325 e. The Balaban J connectivity index is 1.90. The van der Waals surface area contributed by atoms with Crippen molar-refractivity contribution >= 4 is 23.2 Å². The molecule has 1 aromatic carbocycles. The molecule has 2 rings (SSSR count). The fourth-order valence-corrected chi connectivity index (χ4v) is 3.08. The molecule has 1 N–H and O–H groups in total. The molecule has 1 heterocycles. The first-order valence-electron chi connectivity index (χ1n) is 6.91. The number of nitrogens with one attached hydrogen (secondary N) is 1. The second-order valence-corrected chi connectivity index (χ2v) is 6.22. The van der Waals surface area contributed by atoms with E-state index < -0.39 is 5.82 Å². The number of nitrogens with zero attached hydrogens (tertiary/aromatic N) is 1. The number of likely N-dealkylation sites (tertiary alicyclic amines) is 1. The Labute approximate surface area is 124 Å². The summed E-state index contributed by atoms with van der Waals surface area (Å²) in [6, 6.07) is 4.19. The van der Waals surface area contributed by atoms with E-state index in [2.05, 4.69) is 24.1 Å². The molecule has 1 aliphatic rings. The molecule has 1 aliphatic heterocycles. The Morgan fingerprint density at radius 3 is 2.65 bits per heavy atom. The molecule has 5 heteroatoms. The van der Waals surface area contributed by atoms with Crippen LogP contribution in [0.3, 0.4) is 0 Å². The standard InChI is InChI=1S/C15H20ClFN2O/c1-10-5-11(2)8-19(7-10)9-15(20)18-12-3-4-14(17)13(16)6-12/h3-4,6,10-11H,5,7-9H2,1-2H3,(H,18,20). The zero-order valence-corrected chi connectivity index (χ0v) is 12.6. The molecule has 0 aliphatic carbocycles. The molecule has 0 radical (unpaired) electrons. The van der Waals surface area contributed by atoms with Crippen molar-refractivity contribution in [1.82, 2.24) is 4.90 Å². The van der Waals surface area contributed by atoms with E-state index in [4.69, 9.17) is 11.6 Å². The van der Waals surface area contributed by atoms with E-state index in [1.165, 1.54) is 24.6 Å². The maximum atomic E-state index is 13.0. The van der Waals surface area contributed by atoms with Gasteiger partial charge in [-0.2, -0.15) is 0 Å². The first-order valence-corrected chi connectivity index (χ1v) is 7.29. The van der Waals surface area contributed by atoms with Crippen molar-refractivity contribution in [3.8, 4) is 0 Å². The number of anilines is 1. The van der Waals surface area contributed by atoms with E-state index in [0.29, 0.717) is 24.1 Å². The van der Waals surface area contributed by atoms with Gasteiger partial charge in [0.1, 0.15) is 5.82 Å². The monoisotopic (exact) mass is 298 g/mol. The largest absolute Gasteiger partial charge is 0.325 e. The van der Waals surface area contributed by atoms with E-state index in [9.17, 15) is 9.18 Å². The van der Waals surface area contributed by atoms with Gasteiger partial charge in [0.15, 0.2) is 0 Å². The van der Waals surface area contributed by atoms with Gasteiger partial charge in [-0.05, 0) is 36.5 Å². The van der Waals surface area contributed by atoms with Gasteiger partial charge in [-0.15, -0.1) is 0 Å². The Hall–Kier alpha value is -1.13. The maximum Gasteiger partial charge on any atom is 0.238 e. The van der Waals surface area contributed by atoms with E-state index in [1.807, 2.05) is 0 Å². The van der Waals surface area contributed by atoms with Crippen molar-refractivity contribution in [2.75, 3.05) is 25.0 Å². The van der Waals surface area contributed by atoms with Gasteiger partial charge in [-0.25, -0.2) is 4.39 Å². The lowest BCUT2D eigenvalue weighted by atomic mass is 9.92. The van der Waals surface area contributed by atoms with Crippen LogP contribution in [0.5, 0.6) is 0 Å². The van der Waals surface area contributed by atoms with Gasteiger partial charge in [0.2, 0.25) is 5.91 Å². The van der Waals surface area contributed by atoms with Crippen molar-refractivity contribution in [3.05, 3.63) is 29.0 Å². The number of halogens is 2. The van der Waals surface area contributed by atoms with Crippen LogP contribution < -0.4 is 5.32 Å². The Morgan fingerprint density at radius 1 is 1.40 bits per heavy atom. The fraction of sp³-hybridized carbons (Fsp3) is 0.533. The molecule has 0 saturated carbocycles. The van der Waals surface area contributed by atoms with E-state index >= 15 is 0 Å². The van der Waals surface area contributed by atoms with Crippen molar-refractivity contribution in [3.63, 3.8) is 0 Å². The van der Waals surface area contributed by atoms with Crippen LogP contribution in [0.25, 0.3) is 0 Å². The van der Waals surface area contributed by atoms with Crippen molar-refractivity contribution in [1.29, 1.82) is 0 Å². The SMILES string of the molecule is CC1CC(C)CN(CC(=O)Nc2ccc(F)c(Cl)c2)C1. The summed E-state index contributed by atoms with van der Waals surface area (Å²) < 4.78 is 13.0. The van der Waals surface area contributed by atoms with Gasteiger partial charge < -0.3 is 5.32 Å². The summed E-state index contributed by atoms with van der Waals surface area (Å²) in [5.74, 6) is 0.663. The molecule has 3 nitrogen and oxygen atoms in total. The van der Waals surface area contributed by atoms with Crippen LogP contribution in [-0.2, 0) is 4.79 Å². The third-order valence-electron chi connectivity index (χ3n) is 3.52. The molecule has 1 fully saturated rings. The number of piperidine rings is 1. The zero-order chi connectivity index (χ0) is 14.7. The number of hydrogen-bond donors (Lipinski definition) is 1. The molecular formula is C15H20ClFN2O. The van der Waals surface area contributed by atoms with Crippen LogP contribution in [-0.4, -0.2) is 30.4 Å². The number of hydrogen-bond acceptors (Lipinski definition) is 2. The number of amides is 1. The summed E-state index contributed by atoms with van der Waals surface area (Å²) in [7, 11) is 0. The van der Waals surface area contributed by atoms with Gasteiger partial charge in [0.25, 0.3) is 0 Å². The molecule has 1 saturated heterocycles. The summed E-state index contributed by atoms with van der Waals surface area (Å²) in [4.78, 5) is 14.2. The lowest BCUT2D eigenvalue weighted by Crippen LogP contribution is -2.42. The van der Waals surface area contributed by atoms with Crippen LogP contribution in [0.1, 0.15) is 20.3 Å². The predicted octanol–water partition coefficient (Wildman–Crippen LogP) is 3.40. The summed E-state index contributed by atoms with van der Waals surface area (Å²) in [6.45, 7) is 6.67. The Bertz CT molecular complexity index is 485. The lowest BCUT2D eigenvalue weighted by molar-refractivity contribution is -0.117. The molecule has 20 heavy (non-hydrogen) atoms. The molecular weight excluding hydrogens is 279 g/mol. The van der Waals surface area contributed by atoms with Crippen molar-refractivity contribution < 1.29 is 9.18 Å². The normalized spacial score (nSPS) is 23.6. The average Bonchev–Trinajstić information content (AvgIpc) is 2.32. The van der Waals surface area contributed by atoms with E-state index in [0.717, 1.165) is 13.1 Å². The Kier molecular flexibility index (Phi) is 5.00. The second kappa shape index (κ2) is 6.55. The summed E-state index contributed by atoms with van der Waals surface area (Å²) in [5, 5.41) is 2.77. The molecule has 1 amide bonds. The molecule has 1 aromatic rings. The second-order valence-electron chi connectivity index (χ2n) is 5.82. The van der Waals surface area contributed by atoms with Crippen LogP contribution in [0, 0.1) is 17.7 Å². The fourth-order valence-electron chi connectivity index (χ4n) is 2.90. The quantitative estimate of drug-likeness (QED) is 0.927. The highest BCUT2D eigenvalue weighted by Crippen LogP contribution is 2.21. The van der Waals surface area contributed by atoms with Crippen LogP contribution in [0.4, 0.5) is 10.1 Å². The average molecular weight is 299 g/mol.